The fourth-order valence-corrected chi connectivity index (χ4v) is 2.70. The number of rotatable bonds is 1. The van der Waals surface area contributed by atoms with Crippen LogP contribution in [0.1, 0.15) is 32.9 Å². The Morgan fingerprint density at radius 3 is 2.71 bits per heavy atom. The van der Waals surface area contributed by atoms with Crippen LogP contribution in [0.25, 0.3) is 0 Å². The number of amides is 1. The maximum Gasteiger partial charge on any atom is 0.260 e. The van der Waals surface area contributed by atoms with Gasteiger partial charge >= 0.3 is 0 Å². The highest BCUT2D eigenvalue weighted by Gasteiger charge is 2.27. The summed E-state index contributed by atoms with van der Waals surface area (Å²) in [6.07, 6.45) is 0.860. The van der Waals surface area contributed by atoms with Crippen molar-refractivity contribution in [2.45, 2.75) is 27.2 Å². The van der Waals surface area contributed by atoms with E-state index >= 15 is 0 Å². The van der Waals surface area contributed by atoms with Gasteiger partial charge in [-0.1, -0.05) is 6.07 Å². The molecule has 2 heterocycles. The third-order valence-electron chi connectivity index (χ3n) is 3.94. The number of aromatic nitrogens is 2. The van der Waals surface area contributed by atoms with Crippen molar-refractivity contribution in [3.8, 4) is 0 Å². The molecule has 1 aromatic carbocycles. The van der Waals surface area contributed by atoms with Crippen LogP contribution in [0.2, 0.25) is 0 Å². The minimum Gasteiger partial charge on any atom is -0.398 e. The highest BCUT2D eigenvalue weighted by molar-refractivity contribution is 6.08. The quantitative estimate of drug-likeness (QED) is 0.814. The molecule has 1 aliphatic heterocycles. The smallest absolute Gasteiger partial charge is 0.260 e. The van der Waals surface area contributed by atoms with Crippen LogP contribution in [0.3, 0.4) is 0 Å². The number of nitrogens with zero attached hydrogens (tertiary/aromatic N) is 3. The number of fused-ring (bicyclic) bond motifs is 1. The van der Waals surface area contributed by atoms with Crippen molar-refractivity contribution in [2.24, 2.45) is 0 Å². The van der Waals surface area contributed by atoms with Crippen LogP contribution in [0, 0.1) is 20.8 Å². The zero-order valence-corrected chi connectivity index (χ0v) is 12.5. The monoisotopic (exact) mass is 282 g/mol. The third kappa shape index (κ3) is 2.24. The molecule has 1 aromatic heterocycles. The molecule has 0 atom stereocenters. The molecule has 3 rings (SSSR count). The van der Waals surface area contributed by atoms with Crippen LogP contribution in [-0.4, -0.2) is 22.6 Å². The number of benzene rings is 1. The van der Waals surface area contributed by atoms with Crippen molar-refractivity contribution >= 4 is 17.3 Å². The Hall–Kier alpha value is -2.43. The van der Waals surface area contributed by atoms with Crippen molar-refractivity contribution in [3.63, 3.8) is 0 Å². The second-order valence-electron chi connectivity index (χ2n) is 5.53. The maximum atomic E-state index is 12.8. The van der Waals surface area contributed by atoms with Crippen LogP contribution >= 0.6 is 0 Å². The van der Waals surface area contributed by atoms with E-state index in [1.54, 1.807) is 17.9 Å². The summed E-state index contributed by atoms with van der Waals surface area (Å²) in [5, 5.41) is 8.01. The summed E-state index contributed by atoms with van der Waals surface area (Å²) in [6.45, 7) is 6.31. The fraction of sp³-hybridized carbons (Fsp3) is 0.312. The van der Waals surface area contributed by atoms with Crippen molar-refractivity contribution < 1.29 is 4.79 Å². The maximum absolute atomic E-state index is 12.8. The predicted molar refractivity (Wildman–Crippen MR) is 82.5 cm³/mol. The number of anilines is 2. The van der Waals surface area contributed by atoms with Gasteiger partial charge in [-0.3, -0.25) is 4.79 Å². The fourth-order valence-electron chi connectivity index (χ4n) is 2.70. The van der Waals surface area contributed by atoms with Crippen LogP contribution in [0.15, 0.2) is 18.2 Å². The zero-order chi connectivity index (χ0) is 15.1. The molecule has 5 heteroatoms. The number of hydrogen-bond acceptors (Lipinski definition) is 4. The molecule has 1 aliphatic rings. The molecule has 5 nitrogen and oxygen atoms in total. The SMILES string of the molecule is Cc1cc(C(=O)N2CCc3cc(C)c(N)cc32)c(C)nn1. The van der Waals surface area contributed by atoms with Crippen LogP contribution < -0.4 is 10.6 Å². The van der Waals surface area contributed by atoms with Crippen LogP contribution in [-0.2, 0) is 6.42 Å². The second-order valence-corrected chi connectivity index (χ2v) is 5.53. The van der Waals surface area contributed by atoms with Gasteiger partial charge in [0.25, 0.3) is 5.91 Å². The first-order valence-electron chi connectivity index (χ1n) is 6.99. The minimum atomic E-state index is -0.0347. The molecule has 21 heavy (non-hydrogen) atoms. The van der Waals surface area contributed by atoms with Gasteiger partial charge in [0.15, 0.2) is 0 Å². The summed E-state index contributed by atoms with van der Waals surface area (Å²) < 4.78 is 0. The first-order chi connectivity index (χ1) is 9.97. The lowest BCUT2D eigenvalue weighted by Gasteiger charge is -2.19. The van der Waals surface area contributed by atoms with Crippen LogP contribution in [0.4, 0.5) is 11.4 Å². The molecule has 0 unspecified atom stereocenters. The van der Waals surface area contributed by atoms with Gasteiger partial charge in [0.05, 0.1) is 17.0 Å². The van der Waals surface area contributed by atoms with Gasteiger partial charge in [0.1, 0.15) is 0 Å². The molecule has 1 amide bonds. The molecule has 0 fully saturated rings. The largest absolute Gasteiger partial charge is 0.398 e. The van der Waals surface area contributed by atoms with E-state index in [0.29, 0.717) is 23.5 Å². The average molecular weight is 282 g/mol. The molecular formula is C16H18N4O. The molecular weight excluding hydrogens is 264 g/mol. The van der Waals surface area contributed by atoms with Crippen LogP contribution in [0.5, 0.6) is 0 Å². The average Bonchev–Trinajstić information content (AvgIpc) is 2.84. The lowest BCUT2D eigenvalue weighted by atomic mass is 10.1. The Morgan fingerprint density at radius 2 is 1.95 bits per heavy atom. The second kappa shape index (κ2) is 4.84. The molecule has 108 valence electrons. The lowest BCUT2D eigenvalue weighted by Crippen LogP contribution is -2.30. The highest BCUT2D eigenvalue weighted by Crippen LogP contribution is 2.33. The highest BCUT2D eigenvalue weighted by atomic mass is 16.2. The van der Waals surface area contributed by atoms with Gasteiger partial charge in [0, 0.05) is 17.9 Å². The number of carbonyl (C=O) groups excluding carboxylic acids is 1. The molecule has 0 spiro atoms. The summed E-state index contributed by atoms with van der Waals surface area (Å²) in [5.74, 6) is -0.0347. The van der Waals surface area contributed by atoms with E-state index in [9.17, 15) is 4.79 Å². The van der Waals surface area contributed by atoms with E-state index in [1.807, 2.05) is 19.9 Å². The predicted octanol–water partition coefficient (Wildman–Crippen LogP) is 2.19. The van der Waals surface area contributed by atoms with Gasteiger partial charge < -0.3 is 10.6 Å². The minimum absolute atomic E-state index is 0.0347. The molecule has 2 N–H and O–H groups in total. The van der Waals surface area contributed by atoms with E-state index in [2.05, 4.69) is 16.3 Å². The Labute approximate surface area is 123 Å². The van der Waals surface area contributed by atoms with Gasteiger partial charge in [-0.2, -0.15) is 10.2 Å². The number of aryl methyl sites for hydroxylation is 3. The number of carbonyl (C=O) groups is 1. The number of hydrogen-bond donors (Lipinski definition) is 1. The van der Waals surface area contributed by atoms with E-state index in [1.165, 1.54) is 5.56 Å². The van der Waals surface area contributed by atoms with Gasteiger partial charge in [-0.15, -0.1) is 0 Å². The van der Waals surface area contributed by atoms with Gasteiger partial charge in [-0.05, 0) is 50.5 Å². The summed E-state index contributed by atoms with van der Waals surface area (Å²) >= 11 is 0. The standard InChI is InChI=1S/C16H18N4O/c1-9-6-12-4-5-20(15(12)8-14(9)17)16(21)13-7-10(2)18-19-11(13)3/h6-8H,4-5,17H2,1-3H3. The molecule has 0 saturated carbocycles. The Kier molecular flexibility index (Phi) is 3.12. The van der Waals surface area contributed by atoms with E-state index in [4.69, 9.17) is 5.73 Å². The molecule has 0 radical (unpaired) electrons. The summed E-state index contributed by atoms with van der Waals surface area (Å²) in [7, 11) is 0. The van der Waals surface area contributed by atoms with E-state index in [0.717, 1.165) is 23.4 Å². The zero-order valence-electron chi connectivity index (χ0n) is 12.5. The van der Waals surface area contributed by atoms with Gasteiger partial charge in [-0.25, -0.2) is 0 Å². The Morgan fingerprint density at radius 1 is 1.19 bits per heavy atom. The summed E-state index contributed by atoms with van der Waals surface area (Å²) in [5.41, 5.74) is 11.8. The Bertz CT molecular complexity index is 739. The van der Waals surface area contributed by atoms with Gasteiger partial charge in [0.2, 0.25) is 0 Å². The summed E-state index contributed by atoms with van der Waals surface area (Å²) in [4.78, 5) is 14.6. The first kappa shape index (κ1) is 13.5. The molecule has 0 aliphatic carbocycles. The Balaban J connectivity index is 2.02. The van der Waals surface area contributed by atoms with Crippen molar-refractivity contribution in [1.82, 2.24) is 10.2 Å². The van der Waals surface area contributed by atoms with Crippen molar-refractivity contribution in [3.05, 3.63) is 46.3 Å². The van der Waals surface area contributed by atoms with Crippen molar-refractivity contribution in [2.75, 3.05) is 17.2 Å². The molecule has 2 aromatic rings. The topological polar surface area (TPSA) is 72.1 Å². The van der Waals surface area contributed by atoms with E-state index < -0.39 is 0 Å². The number of nitrogen functional groups attached to an aromatic ring is 1. The van der Waals surface area contributed by atoms with Crippen molar-refractivity contribution in [1.29, 1.82) is 0 Å². The normalized spacial score (nSPS) is 13.4. The van der Waals surface area contributed by atoms with E-state index in [-0.39, 0.29) is 5.91 Å². The lowest BCUT2D eigenvalue weighted by molar-refractivity contribution is 0.0988. The number of nitrogens with two attached hydrogens (primary N) is 1. The first-order valence-corrected chi connectivity index (χ1v) is 6.99. The molecule has 0 saturated heterocycles. The third-order valence-corrected chi connectivity index (χ3v) is 3.94. The summed E-state index contributed by atoms with van der Waals surface area (Å²) in [6, 6.07) is 5.76. The molecule has 0 bridgehead atoms.